The summed E-state index contributed by atoms with van der Waals surface area (Å²) in [5.74, 6) is -1.15. The molecule has 180 valence electrons. The van der Waals surface area contributed by atoms with Crippen LogP contribution in [0.1, 0.15) is 16.9 Å². The minimum atomic E-state index is -3.86. The SMILES string of the molecule is CSCCC(NC(=O)c1cc(-c2ccc(SC)cc2)n(-c2ccc(S(N)(=O)=O)cc2)n1)C(=O)O. The van der Waals surface area contributed by atoms with Gasteiger partial charge >= 0.3 is 5.97 Å². The smallest absolute Gasteiger partial charge is 0.326 e. The Hall–Kier alpha value is -2.80. The van der Waals surface area contributed by atoms with Crippen LogP contribution in [-0.2, 0) is 14.8 Å². The summed E-state index contributed by atoms with van der Waals surface area (Å²) in [4.78, 5) is 25.4. The van der Waals surface area contributed by atoms with E-state index in [2.05, 4.69) is 10.4 Å². The second-order valence-electron chi connectivity index (χ2n) is 7.24. The Bertz CT molecular complexity index is 1270. The molecule has 1 aromatic heterocycles. The van der Waals surface area contributed by atoms with Gasteiger partial charge in [-0.05, 0) is 67.1 Å². The third-order valence-corrected chi connectivity index (χ3v) is 7.27. The van der Waals surface area contributed by atoms with Crippen LogP contribution in [0.4, 0.5) is 0 Å². The normalized spacial score (nSPS) is 12.3. The number of benzene rings is 2. The van der Waals surface area contributed by atoms with E-state index in [0.717, 1.165) is 10.5 Å². The maximum Gasteiger partial charge on any atom is 0.326 e. The number of nitrogens with zero attached hydrogens (tertiary/aromatic N) is 2. The second kappa shape index (κ2) is 11.1. The summed E-state index contributed by atoms with van der Waals surface area (Å²) in [5.41, 5.74) is 1.90. The van der Waals surface area contributed by atoms with Crippen molar-refractivity contribution in [3.8, 4) is 16.9 Å². The molecule has 9 nitrogen and oxygen atoms in total. The molecule has 3 aromatic rings. The molecule has 1 amide bonds. The van der Waals surface area contributed by atoms with E-state index in [4.69, 9.17) is 5.14 Å². The van der Waals surface area contributed by atoms with Crippen LogP contribution in [0.2, 0.25) is 0 Å². The van der Waals surface area contributed by atoms with E-state index in [1.165, 1.54) is 40.7 Å². The minimum absolute atomic E-state index is 0.0369. The van der Waals surface area contributed by atoms with Crippen LogP contribution in [-0.4, -0.2) is 59.5 Å². The van der Waals surface area contributed by atoms with Crippen molar-refractivity contribution in [2.45, 2.75) is 22.3 Å². The summed E-state index contributed by atoms with van der Waals surface area (Å²) in [6.45, 7) is 0. The first-order valence-corrected chi connectivity index (χ1v) is 14.2. The molecule has 0 radical (unpaired) electrons. The maximum atomic E-state index is 12.9. The Kier molecular flexibility index (Phi) is 8.42. The van der Waals surface area contributed by atoms with E-state index in [-0.39, 0.29) is 17.0 Å². The van der Waals surface area contributed by atoms with Crippen molar-refractivity contribution < 1.29 is 23.1 Å². The number of primary sulfonamides is 1. The fourth-order valence-corrected chi connectivity index (χ4v) is 4.55. The zero-order valence-electron chi connectivity index (χ0n) is 18.5. The predicted octanol–water partition coefficient (Wildman–Crippen LogP) is 2.84. The van der Waals surface area contributed by atoms with E-state index >= 15 is 0 Å². The number of hydrogen-bond donors (Lipinski definition) is 3. The molecule has 0 bridgehead atoms. The predicted molar refractivity (Wildman–Crippen MR) is 134 cm³/mol. The molecule has 1 heterocycles. The Balaban J connectivity index is 2.03. The number of carbonyl (C=O) groups excluding carboxylic acids is 1. The zero-order valence-corrected chi connectivity index (χ0v) is 20.9. The van der Waals surface area contributed by atoms with Crippen LogP contribution in [0.25, 0.3) is 16.9 Å². The van der Waals surface area contributed by atoms with E-state index < -0.39 is 27.9 Å². The number of rotatable bonds is 10. The summed E-state index contributed by atoms with van der Waals surface area (Å²) in [7, 11) is -3.86. The summed E-state index contributed by atoms with van der Waals surface area (Å²) >= 11 is 3.08. The van der Waals surface area contributed by atoms with Gasteiger partial charge in [0, 0.05) is 10.5 Å². The van der Waals surface area contributed by atoms with Crippen LogP contribution >= 0.6 is 23.5 Å². The average Bonchev–Trinajstić information content (AvgIpc) is 3.26. The van der Waals surface area contributed by atoms with Crippen molar-refractivity contribution in [3.63, 3.8) is 0 Å². The average molecular weight is 521 g/mol. The number of aromatic nitrogens is 2. The summed E-state index contributed by atoms with van der Waals surface area (Å²) in [5, 5.41) is 21.6. The summed E-state index contributed by atoms with van der Waals surface area (Å²) < 4.78 is 24.7. The zero-order chi connectivity index (χ0) is 24.9. The summed E-state index contributed by atoms with van der Waals surface area (Å²) in [6.07, 6.45) is 4.10. The highest BCUT2D eigenvalue weighted by molar-refractivity contribution is 7.98. The van der Waals surface area contributed by atoms with Crippen LogP contribution < -0.4 is 10.5 Å². The van der Waals surface area contributed by atoms with Crippen molar-refractivity contribution in [1.82, 2.24) is 15.1 Å². The third kappa shape index (κ3) is 6.20. The van der Waals surface area contributed by atoms with Gasteiger partial charge in [0.2, 0.25) is 10.0 Å². The molecule has 1 atom stereocenters. The van der Waals surface area contributed by atoms with Crippen LogP contribution in [0.5, 0.6) is 0 Å². The molecule has 2 aromatic carbocycles. The Labute approximate surface area is 206 Å². The maximum absolute atomic E-state index is 12.9. The number of thioether (sulfide) groups is 2. The second-order valence-corrected chi connectivity index (χ2v) is 10.7. The molecule has 1 unspecified atom stereocenters. The Morgan fingerprint density at radius 3 is 2.29 bits per heavy atom. The van der Waals surface area contributed by atoms with Gasteiger partial charge in [-0.1, -0.05) is 12.1 Å². The van der Waals surface area contributed by atoms with E-state index in [9.17, 15) is 23.1 Å². The molecule has 3 rings (SSSR count). The molecule has 12 heteroatoms. The lowest BCUT2D eigenvalue weighted by Crippen LogP contribution is -2.41. The summed E-state index contributed by atoms with van der Waals surface area (Å²) in [6, 6.07) is 14.0. The standard InChI is InChI=1S/C22H24N4O5S3/c1-32-12-11-18(22(28)29)24-21(27)19-13-20(14-3-7-16(33-2)8-4-14)26(25-19)15-5-9-17(10-6-15)34(23,30)31/h3-10,13,18H,11-12H2,1-2H3,(H,24,27)(H,28,29)(H2,23,30,31). The van der Waals surface area contributed by atoms with Crippen molar-refractivity contribution in [2.75, 3.05) is 18.3 Å². The van der Waals surface area contributed by atoms with Gasteiger partial charge in [-0.15, -0.1) is 11.8 Å². The number of carbonyl (C=O) groups is 2. The first-order valence-electron chi connectivity index (χ1n) is 10.0. The Morgan fingerprint density at radius 2 is 1.76 bits per heavy atom. The van der Waals surface area contributed by atoms with Crippen molar-refractivity contribution >= 4 is 45.4 Å². The molecular weight excluding hydrogens is 496 g/mol. The molecule has 34 heavy (non-hydrogen) atoms. The molecule has 4 N–H and O–H groups in total. The Morgan fingerprint density at radius 1 is 1.12 bits per heavy atom. The first-order chi connectivity index (χ1) is 16.1. The minimum Gasteiger partial charge on any atom is -0.480 e. The lowest BCUT2D eigenvalue weighted by molar-refractivity contribution is -0.139. The van der Waals surface area contributed by atoms with E-state index in [1.807, 2.05) is 36.8 Å². The van der Waals surface area contributed by atoms with Crippen molar-refractivity contribution in [3.05, 3.63) is 60.3 Å². The van der Waals surface area contributed by atoms with Gasteiger partial charge in [0.15, 0.2) is 5.69 Å². The van der Waals surface area contributed by atoms with E-state index in [0.29, 0.717) is 17.1 Å². The molecule has 0 saturated heterocycles. The van der Waals surface area contributed by atoms with Crippen LogP contribution in [0, 0.1) is 0 Å². The molecular formula is C22H24N4O5S3. The fourth-order valence-electron chi connectivity index (χ4n) is 3.16. The number of sulfonamides is 1. The third-order valence-electron chi connectivity index (χ3n) is 4.95. The number of nitrogens with one attached hydrogen (secondary N) is 1. The highest BCUT2D eigenvalue weighted by Crippen LogP contribution is 2.27. The van der Waals surface area contributed by atoms with Gasteiger partial charge in [0.1, 0.15) is 6.04 Å². The largest absolute Gasteiger partial charge is 0.480 e. The molecule has 0 aliphatic carbocycles. The van der Waals surface area contributed by atoms with E-state index in [1.54, 1.807) is 17.8 Å². The van der Waals surface area contributed by atoms with Gasteiger partial charge in [-0.3, -0.25) is 4.79 Å². The highest BCUT2D eigenvalue weighted by atomic mass is 32.2. The van der Waals surface area contributed by atoms with Gasteiger partial charge < -0.3 is 10.4 Å². The topological polar surface area (TPSA) is 144 Å². The van der Waals surface area contributed by atoms with Crippen LogP contribution in [0.3, 0.4) is 0 Å². The monoisotopic (exact) mass is 520 g/mol. The lowest BCUT2D eigenvalue weighted by Gasteiger charge is -2.12. The lowest BCUT2D eigenvalue weighted by atomic mass is 10.1. The van der Waals surface area contributed by atoms with Crippen molar-refractivity contribution in [1.29, 1.82) is 0 Å². The number of amides is 1. The van der Waals surface area contributed by atoms with Gasteiger partial charge in [0.25, 0.3) is 5.91 Å². The molecule has 0 saturated carbocycles. The quantitative estimate of drug-likeness (QED) is 0.346. The molecule has 0 spiro atoms. The van der Waals surface area contributed by atoms with Crippen LogP contribution in [0.15, 0.2) is 64.4 Å². The molecule has 0 fully saturated rings. The number of hydrogen-bond acceptors (Lipinski definition) is 7. The van der Waals surface area contributed by atoms with Gasteiger partial charge in [-0.25, -0.2) is 23.0 Å². The molecule has 0 aliphatic heterocycles. The van der Waals surface area contributed by atoms with Crippen molar-refractivity contribution in [2.24, 2.45) is 5.14 Å². The van der Waals surface area contributed by atoms with Gasteiger partial charge in [-0.2, -0.15) is 16.9 Å². The number of carboxylic acids is 1. The number of aliphatic carboxylic acids is 1. The number of nitrogens with two attached hydrogens (primary N) is 1. The van der Waals surface area contributed by atoms with Gasteiger partial charge in [0.05, 0.1) is 16.3 Å². The molecule has 0 aliphatic rings. The fraction of sp³-hybridized carbons (Fsp3) is 0.227. The highest BCUT2D eigenvalue weighted by Gasteiger charge is 2.23. The first kappa shape index (κ1) is 25.8. The number of carboxylic acid groups (broad SMARTS) is 1.